The highest BCUT2D eigenvalue weighted by atomic mass is 32.2. The second-order valence-corrected chi connectivity index (χ2v) is 7.50. The molecule has 0 aliphatic heterocycles. The van der Waals surface area contributed by atoms with E-state index in [4.69, 9.17) is 10.8 Å². The molecule has 0 fully saturated rings. The second kappa shape index (κ2) is 5.84. The molecule has 0 amide bonds. The van der Waals surface area contributed by atoms with Gasteiger partial charge in [-0.1, -0.05) is 0 Å². The standard InChI is InChI=1S/C13H14N2O4S2/c1-8-2-4-10(20-8)7-15-21(18,19)12-5-3-9(13(16)17)6-11(12)14/h2-6,15H,7,14H2,1H3,(H,16,17). The highest BCUT2D eigenvalue weighted by molar-refractivity contribution is 7.89. The first-order chi connectivity index (χ1) is 9.79. The number of carboxylic acids is 1. The number of hydrogen-bond acceptors (Lipinski definition) is 5. The molecule has 0 radical (unpaired) electrons. The Labute approximate surface area is 126 Å². The summed E-state index contributed by atoms with van der Waals surface area (Å²) in [5.74, 6) is -1.16. The van der Waals surface area contributed by atoms with Crippen LogP contribution in [0.3, 0.4) is 0 Å². The Morgan fingerprint density at radius 3 is 2.57 bits per heavy atom. The Balaban J connectivity index is 2.21. The third-order valence-corrected chi connectivity index (χ3v) is 5.25. The van der Waals surface area contributed by atoms with Gasteiger partial charge >= 0.3 is 5.97 Å². The van der Waals surface area contributed by atoms with Crippen molar-refractivity contribution in [2.24, 2.45) is 0 Å². The summed E-state index contributed by atoms with van der Waals surface area (Å²) in [6.45, 7) is 2.10. The van der Waals surface area contributed by atoms with Crippen molar-refractivity contribution in [3.05, 3.63) is 45.6 Å². The number of rotatable bonds is 5. The summed E-state index contributed by atoms with van der Waals surface area (Å²) in [5, 5.41) is 8.84. The van der Waals surface area contributed by atoms with Crippen molar-refractivity contribution in [3.63, 3.8) is 0 Å². The number of nitrogen functional groups attached to an aromatic ring is 1. The lowest BCUT2D eigenvalue weighted by atomic mass is 10.2. The smallest absolute Gasteiger partial charge is 0.335 e. The monoisotopic (exact) mass is 326 g/mol. The van der Waals surface area contributed by atoms with Crippen LogP contribution in [0.4, 0.5) is 5.69 Å². The molecule has 0 aliphatic rings. The van der Waals surface area contributed by atoms with Gasteiger partial charge in [0, 0.05) is 16.3 Å². The summed E-state index contributed by atoms with van der Waals surface area (Å²) in [5.41, 5.74) is 5.49. The van der Waals surface area contributed by atoms with Crippen molar-refractivity contribution in [1.82, 2.24) is 4.72 Å². The van der Waals surface area contributed by atoms with Crippen molar-refractivity contribution < 1.29 is 18.3 Å². The van der Waals surface area contributed by atoms with Crippen molar-refractivity contribution in [3.8, 4) is 0 Å². The summed E-state index contributed by atoms with van der Waals surface area (Å²) >= 11 is 1.50. The van der Waals surface area contributed by atoms with Crippen molar-refractivity contribution in [2.75, 3.05) is 5.73 Å². The van der Waals surface area contributed by atoms with Crippen LogP contribution in [0, 0.1) is 6.92 Å². The van der Waals surface area contributed by atoms with Crippen molar-refractivity contribution in [2.45, 2.75) is 18.4 Å². The van der Waals surface area contributed by atoms with Gasteiger partial charge in [0.2, 0.25) is 10.0 Å². The van der Waals surface area contributed by atoms with E-state index in [1.54, 1.807) is 0 Å². The molecule has 0 aliphatic carbocycles. The number of nitrogens with one attached hydrogen (secondary N) is 1. The van der Waals surface area contributed by atoms with Crippen LogP contribution in [0.2, 0.25) is 0 Å². The Kier molecular flexibility index (Phi) is 4.31. The molecule has 2 rings (SSSR count). The number of nitrogens with two attached hydrogens (primary N) is 1. The fourth-order valence-electron chi connectivity index (χ4n) is 1.75. The summed E-state index contributed by atoms with van der Waals surface area (Å²) in [6, 6.07) is 7.29. The van der Waals surface area contributed by atoms with Gasteiger partial charge in [-0.2, -0.15) is 0 Å². The molecule has 0 unspecified atom stereocenters. The van der Waals surface area contributed by atoms with Crippen LogP contribution in [-0.2, 0) is 16.6 Å². The van der Waals surface area contributed by atoms with Crippen LogP contribution >= 0.6 is 11.3 Å². The average Bonchev–Trinajstić information content (AvgIpc) is 2.82. The fraction of sp³-hybridized carbons (Fsp3) is 0.154. The number of sulfonamides is 1. The summed E-state index contributed by atoms with van der Waals surface area (Å²) in [7, 11) is -3.78. The van der Waals surface area contributed by atoms with Crippen LogP contribution in [-0.4, -0.2) is 19.5 Å². The number of aryl methyl sites for hydroxylation is 1. The highest BCUT2D eigenvalue weighted by Gasteiger charge is 2.18. The molecule has 1 aromatic carbocycles. The molecule has 1 aromatic heterocycles. The van der Waals surface area contributed by atoms with Gasteiger partial charge in [0.25, 0.3) is 0 Å². The second-order valence-electron chi connectivity index (χ2n) is 4.39. The Bertz CT molecular complexity index is 781. The number of benzene rings is 1. The molecule has 8 heteroatoms. The highest BCUT2D eigenvalue weighted by Crippen LogP contribution is 2.21. The lowest BCUT2D eigenvalue weighted by molar-refractivity contribution is 0.0697. The number of anilines is 1. The van der Waals surface area contributed by atoms with Crippen molar-refractivity contribution in [1.29, 1.82) is 0 Å². The topological polar surface area (TPSA) is 109 Å². The number of thiophene rings is 1. The Morgan fingerprint density at radius 1 is 1.33 bits per heavy atom. The Hall–Kier alpha value is -1.90. The van der Waals surface area contributed by atoms with E-state index < -0.39 is 16.0 Å². The number of carboxylic acid groups (broad SMARTS) is 1. The first kappa shape index (κ1) is 15.5. The van der Waals surface area contributed by atoms with E-state index in [2.05, 4.69) is 4.72 Å². The zero-order valence-corrected chi connectivity index (χ0v) is 12.8. The molecule has 4 N–H and O–H groups in total. The number of aromatic carboxylic acids is 1. The molecular formula is C13H14N2O4S2. The van der Waals surface area contributed by atoms with E-state index in [0.29, 0.717) is 0 Å². The lowest BCUT2D eigenvalue weighted by Crippen LogP contribution is -2.24. The molecule has 2 aromatic rings. The number of hydrogen-bond donors (Lipinski definition) is 3. The molecule has 0 atom stereocenters. The summed E-state index contributed by atoms with van der Waals surface area (Å²) in [4.78, 5) is 12.7. The van der Waals surface area contributed by atoms with Gasteiger partial charge in [-0.05, 0) is 37.3 Å². The van der Waals surface area contributed by atoms with Gasteiger partial charge in [0.15, 0.2) is 0 Å². The fourth-order valence-corrected chi connectivity index (χ4v) is 3.79. The minimum absolute atomic E-state index is 0.0552. The maximum Gasteiger partial charge on any atom is 0.335 e. The molecule has 112 valence electrons. The summed E-state index contributed by atoms with van der Waals surface area (Å²) < 4.78 is 26.8. The van der Waals surface area contributed by atoms with Crippen LogP contribution in [0.25, 0.3) is 0 Å². The van der Waals surface area contributed by atoms with Gasteiger partial charge in [-0.15, -0.1) is 11.3 Å². The van der Waals surface area contributed by atoms with E-state index in [1.165, 1.54) is 23.5 Å². The maximum absolute atomic E-state index is 12.2. The zero-order valence-electron chi connectivity index (χ0n) is 11.2. The SMILES string of the molecule is Cc1ccc(CNS(=O)(=O)c2ccc(C(=O)O)cc2N)s1. The molecule has 6 nitrogen and oxygen atoms in total. The maximum atomic E-state index is 12.2. The lowest BCUT2D eigenvalue weighted by Gasteiger charge is -2.09. The van der Waals surface area contributed by atoms with E-state index in [9.17, 15) is 13.2 Å². The largest absolute Gasteiger partial charge is 0.478 e. The van der Waals surface area contributed by atoms with E-state index >= 15 is 0 Å². The minimum Gasteiger partial charge on any atom is -0.478 e. The van der Waals surface area contributed by atoms with Crippen LogP contribution in [0.1, 0.15) is 20.1 Å². The van der Waals surface area contributed by atoms with Crippen LogP contribution in [0.5, 0.6) is 0 Å². The third-order valence-electron chi connectivity index (χ3n) is 2.78. The zero-order chi connectivity index (χ0) is 15.6. The minimum atomic E-state index is -3.78. The first-order valence-corrected chi connectivity index (χ1v) is 8.27. The van der Waals surface area contributed by atoms with Crippen LogP contribution < -0.4 is 10.5 Å². The summed E-state index contributed by atoms with van der Waals surface area (Å²) in [6.07, 6.45) is 0. The van der Waals surface area contributed by atoms with Gasteiger partial charge in [0.05, 0.1) is 11.3 Å². The van der Waals surface area contributed by atoms with Gasteiger partial charge in [-0.25, -0.2) is 17.9 Å². The third kappa shape index (κ3) is 3.60. The molecule has 1 heterocycles. The first-order valence-electron chi connectivity index (χ1n) is 5.97. The van der Waals surface area contributed by atoms with E-state index in [1.807, 2.05) is 19.1 Å². The van der Waals surface area contributed by atoms with E-state index in [0.717, 1.165) is 15.8 Å². The predicted octanol–water partition coefficient (Wildman–Crippen LogP) is 1.82. The van der Waals surface area contributed by atoms with Crippen molar-refractivity contribution >= 4 is 33.0 Å². The van der Waals surface area contributed by atoms with Gasteiger partial charge in [0.1, 0.15) is 4.90 Å². The normalized spacial score (nSPS) is 11.5. The van der Waals surface area contributed by atoms with E-state index in [-0.39, 0.29) is 22.7 Å². The molecule has 0 saturated heterocycles. The molecule has 0 bridgehead atoms. The average molecular weight is 326 g/mol. The Morgan fingerprint density at radius 2 is 2.05 bits per heavy atom. The van der Waals surface area contributed by atoms with Gasteiger partial charge < -0.3 is 10.8 Å². The quantitative estimate of drug-likeness (QED) is 0.726. The number of carbonyl (C=O) groups is 1. The predicted molar refractivity (Wildman–Crippen MR) is 80.9 cm³/mol. The van der Waals surface area contributed by atoms with Crippen LogP contribution in [0.15, 0.2) is 35.2 Å². The molecular weight excluding hydrogens is 312 g/mol. The molecule has 0 saturated carbocycles. The molecule has 21 heavy (non-hydrogen) atoms. The van der Waals surface area contributed by atoms with Gasteiger partial charge in [-0.3, -0.25) is 0 Å². The molecule has 0 spiro atoms.